The summed E-state index contributed by atoms with van der Waals surface area (Å²) in [6.07, 6.45) is 9.42. The monoisotopic (exact) mass is 162 g/mol. The van der Waals surface area contributed by atoms with E-state index < -0.39 is 0 Å². The molecule has 12 heavy (non-hydrogen) atoms. The Morgan fingerprint density at radius 3 is 2.83 bits per heavy atom. The van der Waals surface area contributed by atoms with Gasteiger partial charge in [-0.25, -0.2) is 0 Å². The number of hydrogen-bond acceptors (Lipinski definition) is 1. The van der Waals surface area contributed by atoms with Crippen LogP contribution >= 0.6 is 0 Å². The number of hydrogen-bond donors (Lipinski definition) is 0. The van der Waals surface area contributed by atoms with Gasteiger partial charge in [-0.3, -0.25) is 0 Å². The van der Waals surface area contributed by atoms with E-state index in [4.69, 9.17) is 11.3 Å². The molecule has 0 aromatic rings. The molecule has 0 bridgehead atoms. The minimum atomic E-state index is -0.344. The van der Waals surface area contributed by atoms with Crippen LogP contribution in [0.2, 0.25) is 0 Å². The van der Waals surface area contributed by atoms with E-state index in [1.165, 1.54) is 0 Å². The molecule has 0 heterocycles. The van der Waals surface area contributed by atoms with Gasteiger partial charge < -0.3 is 4.74 Å². The summed E-state index contributed by atoms with van der Waals surface area (Å²) in [5.74, 6) is 0. The molecular weight excluding hydrogens is 150 g/mol. The average molecular weight is 162 g/mol. The van der Waals surface area contributed by atoms with Crippen molar-refractivity contribution in [1.82, 2.24) is 0 Å². The zero-order valence-electron chi connectivity index (χ0n) is 7.32. The molecule has 0 spiro atoms. The fourth-order valence-electron chi connectivity index (χ4n) is 0.922. The van der Waals surface area contributed by atoms with Crippen molar-refractivity contribution in [3.05, 3.63) is 40.9 Å². The number of rotatable bonds is 1. The summed E-state index contributed by atoms with van der Waals surface area (Å²) < 4.78 is 5.26. The topological polar surface area (TPSA) is 13.6 Å². The fraction of sp³-hybridized carbons (Fsp3) is 0.300. The standard InChI is InChI=1S/C10H12NO/c1-10(12-3)7-4-5-9(11-2)6-8-10/h2,4-8H,1,3H3/q+1. The molecular formula is C10H12NO+. The van der Waals surface area contributed by atoms with Gasteiger partial charge in [0.05, 0.1) is 0 Å². The van der Waals surface area contributed by atoms with Crippen LogP contribution in [-0.4, -0.2) is 12.7 Å². The summed E-state index contributed by atoms with van der Waals surface area (Å²) in [6.45, 7) is 7.10. The molecule has 0 saturated carbocycles. The molecule has 0 aromatic carbocycles. The second kappa shape index (κ2) is 3.38. The molecule has 2 nitrogen and oxygen atoms in total. The van der Waals surface area contributed by atoms with E-state index in [9.17, 15) is 0 Å². The van der Waals surface area contributed by atoms with Crippen LogP contribution in [0, 0.1) is 6.57 Å². The molecule has 0 aromatic heterocycles. The van der Waals surface area contributed by atoms with Crippen molar-refractivity contribution in [3.63, 3.8) is 0 Å². The SMILES string of the molecule is C#[N+]C1=CC=CC(C)(OC)C=C1. The predicted molar refractivity (Wildman–Crippen MR) is 50.1 cm³/mol. The van der Waals surface area contributed by atoms with E-state index in [-0.39, 0.29) is 5.60 Å². The Labute approximate surface area is 72.7 Å². The first-order chi connectivity index (χ1) is 5.70. The minimum Gasteiger partial charge on any atom is -0.370 e. The molecule has 1 rings (SSSR count). The van der Waals surface area contributed by atoms with Gasteiger partial charge in [0.25, 0.3) is 6.57 Å². The molecule has 0 radical (unpaired) electrons. The van der Waals surface area contributed by atoms with Crippen LogP contribution in [0.3, 0.4) is 0 Å². The lowest BCUT2D eigenvalue weighted by Gasteiger charge is -2.18. The Kier molecular flexibility index (Phi) is 2.47. The highest BCUT2D eigenvalue weighted by Crippen LogP contribution is 2.18. The van der Waals surface area contributed by atoms with Crippen molar-refractivity contribution in [3.8, 4) is 6.57 Å². The largest absolute Gasteiger partial charge is 0.370 e. The Balaban J connectivity index is 2.92. The Morgan fingerprint density at radius 1 is 1.50 bits per heavy atom. The van der Waals surface area contributed by atoms with Gasteiger partial charge in [0, 0.05) is 19.3 Å². The van der Waals surface area contributed by atoms with Crippen LogP contribution in [0.25, 0.3) is 4.85 Å². The molecule has 62 valence electrons. The van der Waals surface area contributed by atoms with Crippen LogP contribution in [0.5, 0.6) is 0 Å². The summed E-state index contributed by atoms with van der Waals surface area (Å²) in [4.78, 5) is 3.57. The van der Waals surface area contributed by atoms with Crippen LogP contribution in [0.4, 0.5) is 0 Å². The Bertz CT molecular complexity index is 293. The average Bonchev–Trinajstić information content (AvgIpc) is 2.28. The normalized spacial score (nSPS) is 27.6. The van der Waals surface area contributed by atoms with E-state index in [1.54, 1.807) is 7.11 Å². The zero-order valence-corrected chi connectivity index (χ0v) is 7.32. The molecule has 1 aliphatic rings. The molecule has 2 heteroatoms. The van der Waals surface area contributed by atoms with Crippen LogP contribution < -0.4 is 0 Å². The summed E-state index contributed by atoms with van der Waals surface area (Å²) in [6, 6.07) is 0. The molecule has 0 amide bonds. The molecule has 0 aliphatic heterocycles. The van der Waals surface area contributed by atoms with Gasteiger partial charge in [-0.2, -0.15) is 0 Å². The van der Waals surface area contributed by atoms with Crippen LogP contribution in [0.1, 0.15) is 6.92 Å². The summed E-state index contributed by atoms with van der Waals surface area (Å²) >= 11 is 0. The lowest BCUT2D eigenvalue weighted by Crippen LogP contribution is -2.20. The van der Waals surface area contributed by atoms with Crippen molar-refractivity contribution in [2.75, 3.05) is 7.11 Å². The molecule has 1 atom stereocenters. The van der Waals surface area contributed by atoms with E-state index in [1.807, 2.05) is 37.3 Å². The predicted octanol–water partition coefficient (Wildman–Crippen LogP) is 2.36. The molecule has 0 fully saturated rings. The van der Waals surface area contributed by atoms with Crippen molar-refractivity contribution in [2.24, 2.45) is 0 Å². The fourth-order valence-corrected chi connectivity index (χ4v) is 0.922. The zero-order chi connectivity index (χ0) is 9.03. The summed E-state index contributed by atoms with van der Waals surface area (Å²) in [7, 11) is 1.67. The van der Waals surface area contributed by atoms with Crippen LogP contribution in [0.15, 0.2) is 36.1 Å². The first-order valence-corrected chi connectivity index (χ1v) is 3.75. The Morgan fingerprint density at radius 2 is 2.25 bits per heavy atom. The number of ether oxygens (including phenoxy) is 1. The minimum absolute atomic E-state index is 0.344. The second-order valence-electron chi connectivity index (χ2n) is 2.80. The molecule has 1 unspecified atom stereocenters. The maximum Gasteiger partial charge on any atom is 0.339 e. The third-order valence-electron chi connectivity index (χ3n) is 1.87. The first-order valence-electron chi connectivity index (χ1n) is 3.75. The maximum absolute atomic E-state index is 5.26. The van der Waals surface area contributed by atoms with Crippen molar-refractivity contribution in [1.29, 1.82) is 0 Å². The first kappa shape index (κ1) is 8.76. The van der Waals surface area contributed by atoms with Crippen molar-refractivity contribution >= 4 is 0 Å². The van der Waals surface area contributed by atoms with Gasteiger partial charge in [-0.05, 0) is 23.9 Å². The van der Waals surface area contributed by atoms with Crippen molar-refractivity contribution in [2.45, 2.75) is 12.5 Å². The number of allylic oxidation sites excluding steroid dienone is 3. The highest BCUT2D eigenvalue weighted by Gasteiger charge is 2.18. The van der Waals surface area contributed by atoms with Gasteiger partial charge in [-0.1, -0.05) is 6.08 Å². The summed E-state index contributed by atoms with van der Waals surface area (Å²) in [5.41, 5.74) is 0.398. The van der Waals surface area contributed by atoms with E-state index in [2.05, 4.69) is 4.85 Å². The van der Waals surface area contributed by atoms with E-state index >= 15 is 0 Å². The molecule has 0 N–H and O–H groups in total. The smallest absolute Gasteiger partial charge is 0.339 e. The van der Waals surface area contributed by atoms with E-state index in [0.717, 1.165) is 5.70 Å². The Hall–Kier alpha value is -1.33. The number of methoxy groups -OCH3 is 1. The lowest BCUT2D eigenvalue weighted by atomic mass is 10.1. The van der Waals surface area contributed by atoms with E-state index in [0.29, 0.717) is 0 Å². The number of nitrogens with zero attached hydrogens (tertiary/aromatic N) is 1. The van der Waals surface area contributed by atoms with Gasteiger partial charge in [0.2, 0.25) is 0 Å². The van der Waals surface area contributed by atoms with Crippen molar-refractivity contribution < 1.29 is 4.74 Å². The third kappa shape index (κ3) is 1.84. The van der Waals surface area contributed by atoms with Gasteiger partial charge in [0.1, 0.15) is 5.60 Å². The highest BCUT2D eigenvalue weighted by atomic mass is 16.5. The highest BCUT2D eigenvalue weighted by molar-refractivity contribution is 5.36. The lowest BCUT2D eigenvalue weighted by molar-refractivity contribution is 0.0908. The van der Waals surface area contributed by atoms with Gasteiger partial charge >= 0.3 is 5.70 Å². The maximum atomic E-state index is 5.26. The quantitative estimate of drug-likeness (QED) is 0.577. The molecule has 1 aliphatic carbocycles. The van der Waals surface area contributed by atoms with Crippen LogP contribution in [-0.2, 0) is 4.74 Å². The second-order valence-corrected chi connectivity index (χ2v) is 2.80. The summed E-state index contributed by atoms with van der Waals surface area (Å²) in [5, 5.41) is 0. The third-order valence-corrected chi connectivity index (χ3v) is 1.87. The van der Waals surface area contributed by atoms with Gasteiger partial charge in [0.15, 0.2) is 0 Å². The molecule has 0 saturated heterocycles. The van der Waals surface area contributed by atoms with Gasteiger partial charge in [-0.15, -0.1) is 0 Å².